The van der Waals surface area contributed by atoms with Crippen LogP contribution in [0.2, 0.25) is 0 Å². The number of benzene rings is 1. The molecule has 6 nitrogen and oxygen atoms in total. The summed E-state index contributed by atoms with van der Waals surface area (Å²) < 4.78 is 1.82. The van der Waals surface area contributed by atoms with Crippen molar-refractivity contribution < 1.29 is 0 Å². The van der Waals surface area contributed by atoms with Gasteiger partial charge in [0.15, 0.2) is 11.5 Å². The molecule has 0 bridgehead atoms. The van der Waals surface area contributed by atoms with Crippen molar-refractivity contribution in [3.63, 3.8) is 0 Å². The Hall–Kier alpha value is -3.25. The molecule has 0 unspecified atom stereocenters. The summed E-state index contributed by atoms with van der Waals surface area (Å²) in [4.78, 5) is 8.46. The highest BCUT2D eigenvalue weighted by molar-refractivity contribution is 5.64. The third-order valence-corrected chi connectivity index (χ3v) is 3.77. The first-order valence-electron chi connectivity index (χ1n) is 7.65. The van der Waals surface area contributed by atoms with Gasteiger partial charge in [-0.15, -0.1) is 5.10 Å². The maximum Gasteiger partial charge on any atom is 0.154 e. The van der Waals surface area contributed by atoms with Gasteiger partial charge in [-0.25, -0.2) is 9.50 Å². The van der Waals surface area contributed by atoms with Gasteiger partial charge in [0.25, 0.3) is 0 Å². The summed E-state index contributed by atoms with van der Waals surface area (Å²) in [5, 5.41) is 7.97. The molecule has 24 heavy (non-hydrogen) atoms. The molecule has 3 aromatic heterocycles. The van der Waals surface area contributed by atoms with Gasteiger partial charge in [-0.05, 0) is 42.0 Å². The fraction of sp³-hybridized carbons (Fsp3) is 0.0556. The lowest BCUT2D eigenvalue weighted by molar-refractivity contribution is 0.948. The first-order valence-corrected chi connectivity index (χ1v) is 7.65. The topological polar surface area (TPSA) is 81.1 Å². The quantitative estimate of drug-likeness (QED) is 0.605. The van der Waals surface area contributed by atoms with Crippen molar-refractivity contribution in [1.82, 2.24) is 19.6 Å². The molecule has 0 atom stereocenters. The molecule has 6 heteroatoms. The standard InChI is InChI=1S/C18H16N6/c19-11-13-2-1-3-15(10-13)22-17-4-5-18-21-12-16(24(18)23-17)14-6-8-20-9-7-14/h1-10,12H,11,19H2,(H,22,23). The highest BCUT2D eigenvalue weighted by atomic mass is 15.3. The molecule has 0 radical (unpaired) electrons. The van der Waals surface area contributed by atoms with E-state index in [9.17, 15) is 0 Å². The number of hydrogen-bond donors (Lipinski definition) is 2. The van der Waals surface area contributed by atoms with E-state index in [1.54, 1.807) is 12.4 Å². The number of nitrogens with one attached hydrogen (secondary N) is 1. The number of pyridine rings is 1. The van der Waals surface area contributed by atoms with Crippen LogP contribution in [-0.2, 0) is 6.54 Å². The molecule has 4 aromatic rings. The average Bonchev–Trinajstić information content (AvgIpc) is 3.06. The fourth-order valence-electron chi connectivity index (χ4n) is 2.58. The molecule has 118 valence electrons. The van der Waals surface area contributed by atoms with Gasteiger partial charge < -0.3 is 11.1 Å². The monoisotopic (exact) mass is 316 g/mol. The van der Waals surface area contributed by atoms with Crippen LogP contribution in [0.5, 0.6) is 0 Å². The van der Waals surface area contributed by atoms with Crippen LogP contribution in [0.25, 0.3) is 16.9 Å². The molecular weight excluding hydrogens is 300 g/mol. The second-order valence-electron chi connectivity index (χ2n) is 5.40. The molecule has 0 amide bonds. The van der Waals surface area contributed by atoms with Gasteiger partial charge in [-0.2, -0.15) is 0 Å². The zero-order valence-corrected chi connectivity index (χ0v) is 12.9. The number of nitrogens with zero attached hydrogens (tertiary/aromatic N) is 4. The van der Waals surface area contributed by atoms with Crippen molar-refractivity contribution >= 4 is 17.2 Å². The number of fused-ring (bicyclic) bond motifs is 1. The number of anilines is 2. The predicted octanol–water partition coefficient (Wildman–Crippen LogP) is 2.99. The van der Waals surface area contributed by atoms with Crippen molar-refractivity contribution in [1.29, 1.82) is 0 Å². The van der Waals surface area contributed by atoms with Gasteiger partial charge >= 0.3 is 0 Å². The minimum absolute atomic E-state index is 0.510. The van der Waals surface area contributed by atoms with Gasteiger partial charge in [-0.1, -0.05) is 12.1 Å². The molecule has 4 rings (SSSR count). The van der Waals surface area contributed by atoms with E-state index in [1.165, 1.54) is 0 Å². The molecule has 0 saturated heterocycles. The Morgan fingerprint density at radius 1 is 1.04 bits per heavy atom. The smallest absolute Gasteiger partial charge is 0.154 e. The largest absolute Gasteiger partial charge is 0.339 e. The van der Waals surface area contributed by atoms with Crippen molar-refractivity contribution in [2.24, 2.45) is 5.73 Å². The van der Waals surface area contributed by atoms with Crippen LogP contribution in [0.1, 0.15) is 5.56 Å². The van der Waals surface area contributed by atoms with E-state index in [4.69, 9.17) is 5.73 Å². The van der Waals surface area contributed by atoms with E-state index < -0.39 is 0 Å². The number of nitrogens with two attached hydrogens (primary N) is 1. The Morgan fingerprint density at radius 2 is 1.92 bits per heavy atom. The fourth-order valence-corrected chi connectivity index (χ4v) is 2.58. The Balaban J connectivity index is 1.72. The minimum Gasteiger partial charge on any atom is -0.339 e. The summed E-state index contributed by atoms with van der Waals surface area (Å²) >= 11 is 0. The summed E-state index contributed by atoms with van der Waals surface area (Å²) in [6.45, 7) is 0.510. The first-order chi connectivity index (χ1) is 11.8. The Bertz CT molecular complexity index is 977. The third kappa shape index (κ3) is 2.70. The summed E-state index contributed by atoms with van der Waals surface area (Å²) in [6.07, 6.45) is 5.33. The highest BCUT2D eigenvalue weighted by Gasteiger charge is 2.08. The summed E-state index contributed by atoms with van der Waals surface area (Å²) in [7, 11) is 0. The lowest BCUT2D eigenvalue weighted by Gasteiger charge is -2.08. The van der Waals surface area contributed by atoms with Crippen molar-refractivity contribution in [3.8, 4) is 11.3 Å². The maximum absolute atomic E-state index is 5.70. The van der Waals surface area contributed by atoms with Crippen LogP contribution in [0, 0.1) is 0 Å². The maximum atomic E-state index is 5.70. The zero-order valence-electron chi connectivity index (χ0n) is 12.9. The SMILES string of the molecule is NCc1cccc(Nc2ccc3ncc(-c4ccncc4)n3n2)c1. The molecular formula is C18H16N6. The van der Waals surface area contributed by atoms with Crippen LogP contribution in [-0.4, -0.2) is 19.6 Å². The molecule has 3 heterocycles. The Labute approximate surface area is 139 Å². The second kappa shape index (κ2) is 6.10. The van der Waals surface area contributed by atoms with Crippen molar-refractivity contribution in [2.75, 3.05) is 5.32 Å². The van der Waals surface area contributed by atoms with Gasteiger partial charge in [0.2, 0.25) is 0 Å². The molecule has 3 N–H and O–H groups in total. The van der Waals surface area contributed by atoms with Gasteiger partial charge in [0.1, 0.15) is 0 Å². The van der Waals surface area contributed by atoms with Gasteiger partial charge in [-0.3, -0.25) is 4.98 Å². The molecule has 0 aliphatic heterocycles. The van der Waals surface area contributed by atoms with E-state index in [2.05, 4.69) is 20.4 Å². The Morgan fingerprint density at radius 3 is 2.75 bits per heavy atom. The average molecular weight is 316 g/mol. The van der Waals surface area contributed by atoms with Crippen LogP contribution < -0.4 is 11.1 Å². The van der Waals surface area contributed by atoms with Crippen molar-refractivity contribution in [3.05, 3.63) is 72.7 Å². The predicted molar refractivity (Wildman–Crippen MR) is 93.8 cm³/mol. The lowest BCUT2D eigenvalue weighted by Crippen LogP contribution is -2.01. The van der Waals surface area contributed by atoms with Crippen LogP contribution in [0.15, 0.2) is 67.1 Å². The van der Waals surface area contributed by atoms with Crippen LogP contribution in [0.3, 0.4) is 0 Å². The molecule has 0 aliphatic rings. The molecule has 0 spiro atoms. The number of imidazole rings is 1. The van der Waals surface area contributed by atoms with Gasteiger partial charge in [0.05, 0.1) is 11.9 Å². The molecule has 0 fully saturated rings. The van der Waals surface area contributed by atoms with E-state index in [0.29, 0.717) is 6.54 Å². The normalized spacial score (nSPS) is 10.9. The van der Waals surface area contributed by atoms with Gasteiger partial charge in [0, 0.05) is 30.2 Å². The first kappa shape index (κ1) is 14.3. The number of aromatic nitrogens is 4. The van der Waals surface area contributed by atoms with Crippen LogP contribution >= 0.6 is 0 Å². The second-order valence-corrected chi connectivity index (χ2v) is 5.40. The third-order valence-electron chi connectivity index (χ3n) is 3.77. The van der Waals surface area contributed by atoms with E-state index in [1.807, 2.05) is 59.2 Å². The summed E-state index contributed by atoms with van der Waals surface area (Å²) in [6, 6.07) is 15.7. The van der Waals surface area contributed by atoms with Crippen molar-refractivity contribution in [2.45, 2.75) is 6.54 Å². The Kier molecular flexibility index (Phi) is 3.64. The molecule has 0 saturated carbocycles. The van der Waals surface area contributed by atoms with E-state index in [-0.39, 0.29) is 0 Å². The van der Waals surface area contributed by atoms with E-state index >= 15 is 0 Å². The molecule has 0 aliphatic carbocycles. The zero-order chi connectivity index (χ0) is 16.4. The minimum atomic E-state index is 0.510. The summed E-state index contributed by atoms with van der Waals surface area (Å²) in [5.74, 6) is 0.741. The molecule has 1 aromatic carbocycles. The van der Waals surface area contributed by atoms with E-state index in [0.717, 1.165) is 34.0 Å². The number of rotatable bonds is 4. The van der Waals surface area contributed by atoms with Crippen LogP contribution in [0.4, 0.5) is 11.5 Å². The number of hydrogen-bond acceptors (Lipinski definition) is 5. The highest BCUT2D eigenvalue weighted by Crippen LogP contribution is 2.21. The summed E-state index contributed by atoms with van der Waals surface area (Å²) in [5.41, 5.74) is 10.5. The lowest BCUT2D eigenvalue weighted by atomic mass is 10.2.